The number of hydrogen-bond donors (Lipinski definition) is 0. The zero-order valence-electron chi connectivity index (χ0n) is 7.40. The van der Waals surface area contributed by atoms with Crippen molar-refractivity contribution in [3.8, 4) is 0 Å². The summed E-state index contributed by atoms with van der Waals surface area (Å²) in [5.41, 5.74) is 1.48. The Hall–Kier alpha value is -0.0200. The summed E-state index contributed by atoms with van der Waals surface area (Å²) >= 11 is 21.2. The van der Waals surface area contributed by atoms with Crippen LogP contribution in [0.25, 0.3) is 10.9 Å². The summed E-state index contributed by atoms with van der Waals surface area (Å²) in [5, 5.41) is 1.90. The molecule has 1 aromatic heterocycles. The van der Waals surface area contributed by atoms with Crippen LogP contribution in [-0.4, -0.2) is 4.98 Å². The van der Waals surface area contributed by atoms with E-state index in [2.05, 4.69) is 20.9 Å². The van der Waals surface area contributed by atoms with Crippen LogP contribution in [0, 0.1) is 0 Å². The molecule has 1 nitrogen and oxygen atoms in total. The van der Waals surface area contributed by atoms with Gasteiger partial charge in [-0.1, -0.05) is 39.1 Å². The van der Waals surface area contributed by atoms with E-state index >= 15 is 0 Å². The van der Waals surface area contributed by atoms with Crippen LogP contribution in [0.1, 0.15) is 5.56 Å². The third-order valence-corrected chi connectivity index (χ3v) is 3.66. The Balaban J connectivity index is 2.86. The standard InChI is InChI=1S/C10H5BrCl3N/c11-7-1-2-8(13)9-6(7)3-5(4-12)10(14)15-9/h1-3H,4H2. The average Bonchev–Trinajstić information content (AvgIpc) is 2.23. The van der Waals surface area contributed by atoms with Gasteiger partial charge in [0, 0.05) is 15.4 Å². The van der Waals surface area contributed by atoms with Gasteiger partial charge in [0.15, 0.2) is 0 Å². The van der Waals surface area contributed by atoms with E-state index in [0.29, 0.717) is 21.6 Å². The van der Waals surface area contributed by atoms with Crippen LogP contribution in [0.15, 0.2) is 22.7 Å². The summed E-state index contributed by atoms with van der Waals surface area (Å²) in [6, 6.07) is 5.55. The second kappa shape index (κ2) is 4.46. The summed E-state index contributed by atoms with van der Waals surface area (Å²) < 4.78 is 0.928. The van der Waals surface area contributed by atoms with Crippen LogP contribution in [-0.2, 0) is 5.88 Å². The molecule has 15 heavy (non-hydrogen) atoms. The van der Waals surface area contributed by atoms with Crippen LogP contribution in [0.2, 0.25) is 10.2 Å². The van der Waals surface area contributed by atoms with Crippen LogP contribution in [0.4, 0.5) is 0 Å². The van der Waals surface area contributed by atoms with E-state index in [9.17, 15) is 0 Å². The highest BCUT2D eigenvalue weighted by Gasteiger charge is 2.09. The molecule has 0 aliphatic heterocycles. The Morgan fingerprint density at radius 1 is 1.27 bits per heavy atom. The van der Waals surface area contributed by atoms with E-state index < -0.39 is 0 Å². The monoisotopic (exact) mass is 323 g/mol. The molecule has 0 spiro atoms. The minimum Gasteiger partial charge on any atom is -0.234 e. The molecule has 0 atom stereocenters. The van der Waals surface area contributed by atoms with Crippen molar-refractivity contribution in [1.82, 2.24) is 4.98 Å². The van der Waals surface area contributed by atoms with Crippen molar-refractivity contribution in [3.63, 3.8) is 0 Å². The molecule has 2 aromatic rings. The maximum atomic E-state index is 6.02. The molecule has 0 unspecified atom stereocenters. The lowest BCUT2D eigenvalue weighted by molar-refractivity contribution is 1.30. The molecule has 0 aliphatic rings. The van der Waals surface area contributed by atoms with E-state index in [1.165, 1.54) is 0 Å². The van der Waals surface area contributed by atoms with Crippen LogP contribution < -0.4 is 0 Å². The van der Waals surface area contributed by atoms with Gasteiger partial charge in [0.05, 0.1) is 16.4 Å². The highest BCUT2D eigenvalue weighted by molar-refractivity contribution is 9.10. The fourth-order valence-electron chi connectivity index (χ4n) is 1.31. The Bertz CT molecular complexity index is 528. The van der Waals surface area contributed by atoms with Crippen molar-refractivity contribution < 1.29 is 0 Å². The summed E-state index contributed by atoms with van der Waals surface area (Å²) in [7, 11) is 0. The molecule has 0 bridgehead atoms. The topological polar surface area (TPSA) is 12.9 Å². The molecule has 78 valence electrons. The number of hydrogen-bond acceptors (Lipinski definition) is 1. The Morgan fingerprint density at radius 3 is 2.67 bits per heavy atom. The maximum absolute atomic E-state index is 6.02. The molecule has 0 N–H and O–H groups in total. The normalized spacial score (nSPS) is 10.9. The van der Waals surface area contributed by atoms with Gasteiger partial charge in [0.2, 0.25) is 0 Å². The van der Waals surface area contributed by atoms with Crippen molar-refractivity contribution >= 4 is 61.6 Å². The summed E-state index contributed by atoms with van der Waals surface area (Å²) in [6.45, 7) is 0. The minimum atomic E-state index is 0.334. The van der Waals surface area contributed by atoms with Gasteiger partial charge in [-0.05, 0) is 18.2 Å². The fraction of sp³-hybridized carbons (Fsp3) is 0.100. The zero-order chi connectivity index (χ0) is 11.0. The highest BCUT2D eigenvalue weighted by Crippen LogP contribution is 2.31. The lowest BCUT2D eigenvalue weighted by atomic mass is 10.2. The van der Waals surface area contributed by atoms with Gasteiger partial charge in [-0.15, -0.1) is 11.6 Å². The second-order valence-corrected chi connectivity index (χ2v) is 4.88. The first-order chi connectivity index (χ1) is 7.13. The molecule has 0 saturated heterocycles. The van der Waals surface area contributed by atoms with E-state index in [1.54, 1.807) is 6.07 Å². The first-order valence-electron chi connectivity index (χ1n) is 4.12. The summed E-state index contributed by atoms with van der Waals surface area (Å²) in [5.74, 6) is 0.334. The molecule has 0 amide bonds. The maximum Gasteiger partial charge on any atom is 0.134 e. The van der Waals surface area contributed by atoms with Crippen molar-refractivity contribution in [3.05, 3.63) is 38.4 Å². The number of pyridine rings is 1. The molecule has 0 radical (unpaired) electrons. The minimum absolute atomic E-state index is 0.334. The lowest BCUT2D eigenvalue weighted by Gasteiger charge is -2.06. The number of nitrogens with zero attached hydrogens (tertiary/aromatic N) is 1. The van der Waals surface area contributed by atoms with Gasteiger partial charge in [0.25, 0.3) is 0 Å². The van der Waals surface area contributed by atoms with Crippen molar-refractivity contribution in [2.24, 2.45) is 0 Å². The second-order valence-electron chi connectivity index (χ2n) is 3.00. The Kier molecular flexibility index (Phi) is 3.41. The lowest BCUT2D eigenvalue weighted by Crippen LogP contribution is -1.88. The number of halogens is 4. The number of alkyl halides is 1. The molecule has 1 aromatic carbocycles. The van der Waals surface area contributed by atoms with Gasteiger partial charge in [-0.25, -0.2) is 4.98 Å². The molecule has 0 aliphatic carbocycles. The number of fused-ring (bicyclic) bond motifs is 1. The molecule has 1 heterocycles. The van der Waals surface area contributed by atoms with Crippen molar-refractivity contribution in [2.45, 2.75) is 5.88 Å². The zero-order valence-corrected chi connectivity index (χ0v) is 11.3. The Labute approximate surface area is 110 Å². The van der Waals surface area contributed by atoms with Gasteiger partial charge in [-0.3, -0.25) is 0 Å². The first kappa shape index (κ1) is 11.5. The molecular formula is C10H5BrCl3N. The van der Waals surface area contributed by atoms with E-state index in [4.69, 9.17) is 34.8 Å². The van der Waals surface area contributed by atoms with E-state index in [1.807, 2.05) is 12.1 Å². The Morgan fingerprint density at radius 2 is 2.00 bits per heavy atom. The SMILES string of the molecule is ClCc1cc2c(Br)ccc(Cl)c2nc1Cl. The van der Waals surface area contributed by atoms with Crippen molar-refractivity contribution in [2.75, 3.05) is 0 Å². The smallest absolute Gasteiger partial charge is 0.134 e. The van der Waals surface area contributed by atoms with Gasteiger partial charge in [-0.2, -0.15) is 0 Å². The number of benzene rings is 1. The van der Waals surface area contributed by atoms with E-state index in [0.717, 1.165) is 15.4 Å². The predicted molar refractivity (Wildman–Crippen MR) is 69.0 cm³/mol. The third-order valence-electron chi connectivity index (χ3n) is 2.05. The molecule has 0 saturated carbocycles. The average molecular weight is 325 g/mol. The fourth-order valence-corrected chi connectivity index (χ4v) is 2.42. The third kappa shape index (κ3) is 2.09. The molecule has 0 fully saturated rings. The van der Waals surface area contributed by atoms with Crippen molar-refractivity contribution in [1.29, 1.82) is 0 Å². The van der Waals surface area contributed by atoms with Crippen LogP contribution in [0.3, 0.4) is 0 Å². The predicted octanol–water partition coefficient (Wildman–Crippen LogP) is 5.04. The van der Waals surface area contributed by atoms with Gasteiger partial charge >= 0.3 is 0 Å². The van der Waals surface area contributed by atoms with E-state index in [-0.39, 0.29) is 0 Å². The highest BCUT2D eigenvalue weighted by atomic mass is 79.9. The largest absolute Gasteiger partial charge is 0.234 e. The van der Waals surface area contributed by atoms with Gasteiger partial charge < -0.3 is 0 Å². The molecule has 5 heteroatoms. The number of aromatic nitrogens is 1. The summed E-state index contributed by atoms with van der Waals surface area (Å²) in [4.78, 5) is 4.23. The quantitative estimate of drug-likeness (QED) is 0.528. The first-order valence-corrected chi connectivity index (χ1v) is 6.21. The van der Waals surface area contributed by atoms with Crippen LogP contribution >= 0.6 is 50.7 Å². The molecular weight excluding hydrogens is 320 g/mol. The molecule has 2 rings (SSSR count). The van der Waals surface area contributed by atoms with Crippen LogP contribution in [0.5, 0.6) is 0 Å². The number of rotatable bonds is 1. The van der Waals surface area contributed by atoms with Gasteiger partial charge in [0.1, 0.15) is 5.15 Å². The summed E-state index contributed by atoms with van der Waals surface area (Å²) in [6.07, 6.45) is 0.